The minimum atomic E-state index is -0.0260. The van der Waals surface area contributed by atoms with Crippen LogP contribution in [0.2, 0.25) is 0 Å². The van der Waals surface area contributed by atoms with Crippen molar-refractivity contribution in [2.45, 2.75) is 46.3 Å². The lowest BCUT2D eigenvalue weighted by Gasteiger charge is -2.27. The standard InChI is InChI=1S/C21H25N5O/c1-3-10-26-13-17(15(2)24-26)12-25-11-9-19-18(14-25)21(27)23-20(22-19)16-7-5-4-6-8-16/h4-8,13H,3,9-12,14H2,1-2H3,(H,22,23,27). The molecule has 0 saturated carbocycles. The monoisotopic (exact) mass is 363 g/mol. The van der Waals surface area contributed by atoms with Gasteiger partial charge in [0.25, 0.3) is 5.56 Å². The third-order valence-electron chi connectivity index (χ3n) is 5.09. The van der Waals surface area contributed by atoms with Crippen LogP contribution < -0.4 is 5.56 Å². The fourth-order valence-electron chi connectivity index (χ4n) is 3.65. The van der Waals surface area contributed by atoms with Gasteiger partial charge in [-0.25, -0.2) is 4.98 Å². The van der Waals surface area contributed by atoms with E-state index >= 15 is 0 Å². The fourth-order valence-corrected chi connectivity index (χ4v) is 3.65. The summed E-state index contributed by atoms with van der Waals surface area (Å²) in [6.07, 6.45) is 4.00. The van der Waals surface area contributed by atoms with Crippen molar-refractivity contribution in [1.82, 2.24) is 24.6 Å². The van der Waals surface area contributed by atoms with Crippen LogP contribution in [0, 0.1) is 6.92 Å². The molecule has 6 heteroatoms. The third-order valence-corrected chi connectivity index (χ3v) is 5.09. The molecule has 1 aromatic carbocycles. The van der Waals surface area contributed by atoms with Gasteiger partial charge in [-0.05, 0) is 13.3 Å². The van der Waals surface area contributed by atoms with E-state index in [-0.39, 0.29) is 5.56 Å². The topological polar surface area (TPSA) is 66.8 Å². The highest BCUT2D eigenvalue weighted by Crippen LogP contribution is 2.20. The Morgan fingerprint density at radius 1 is 1.22 bits per heavy atom. The molecular formula is C21H25N5O. The molecule has 1 aliphatic heterocycles. The van der Waals surface area contributed by atoms with E-state index in [0.717, 1.165) is 55.0 Å². The first-order valence-corrected chi connectivity index (χ1v) is 9.57. The van der Waals surface area contributed by atoms with Gasteiger partial charge in [0.1, 0.15) is 5.82 Å². The number of nitrogens with zero attached hydrogens (tertiary/aromatic N) is 4. The molecule has 1 N–H and O–H groups in total. The number of aromatic nitrogens is 4. The van der Waals surface area contributed by atoms with Gasteiger partial charge >= 0.3 is 0 Å². The maximum Gasteiger partial charge on any atom is 0.255 e. The van der Waals surface area contributed by atoms with Gasteiger partial charge in [0.15, 0.2) is 0 Å². The molecule has 0 radical (unpaired) electrons. The molecule has 0 bridgehead atoms. The van der Waals surface area contributed by atoms with E-state index in [9.17, 15) is 4.79 Å². The summed E-state index contributed by atoms with van der Waals surface area (Å²) in [5, 5.41) is 4.58. The quantitative estimate of drug-likeness (QED) is 0.757. The van der Waals surface area contributed by atoms with Crippen LogP contribution in [0.25, 0.3) is 11.4 Å². The van der Waals surface area contributed by atoms with Crippen LogP contribution in [-0.4, -0.2) is 31.2 Å². The summed E-state index contributed by atoms with van der Waals surface area (Å²) < 4.78 is 2.02. The first-order chi connectivity index (χ1) is 13.1. The number of hydrogen-bond donors (Lipinski definition) is 1. The maximum absolute atomic E-state index is 12.7. The zero-order valence-electron chi connectivity index (χ0n) is 15.9. The summed E-state index contributed by atoms with van der Waals surface area (Å²) in [4.78, 5) is 22.7. The van der Waals surface area contributed by atoms with Crippen molar-refractivity contribution in [3.8, 4) is 11.4 Å². The molecule has 0 aliphatic carbocycles. The van der Waals surface area contributed by atoms with Crippen molar-refractivity contribution < 1.29 is 0 Å². The summed E-state index contributed by atoms with van der Waals surface area (Å²) in [6.45, 7) is 7.49. The summed E-state index contributed by atoms with van der Waals surface area (Å²) in [5.41, 5.74) is 4.94. The van der Waals surface area contributed by atoms with Crippen molar-refractivity contribution >= 4 is 0 Å². The Morgan fingerprint density at radius 2 is 2.04 bits per heavy atom. The molecule has 0 amide bonds. The van der Waals surface area contributed by atoms with E-state index in [1.807, 2.05) is 35.0 Å². The number of fused-ring (bicyclic) bond motifs is 1. The number of aryl methyl sites for hydroxylation is 2. The van der Waals surface area contributed by atoms with Gasteiger partial charge in [-0.15, -0.1) is 0 Å². The molecule has 27 heavy (non-hydrogen) atoms. The van der Waals surface area contributed by atoms with Gasteiger partial charge < -0.3 is 4.98 Å². The first-order valence-electron chi connectivity index (χ1n) is 9.57. The van der Waals surface area contributed by atoms with E-state index in [0.29, 0.717) is 12.4 Å². The van der Waals surface area contributed by atoms with Gasteiger partial charge in [0.2, 0.25) is 0 Å². The van der Waals surface area contributed by atoms with Crippen molar-refractivity contribution in [3.63, 3.8) is 0 Å². The Bertz CT molecular complexity index is 990. The van der Waals surface area contributed by atoms with E-state index in [1.165, 1.54) is 5.56 Å². The molecule has 3 heterocycles. The Hall–Kier alpha value is -2.73. The Kier molecular flexibility index (Phi) is 4.90. The van der Waals surface area contributed by atoms with Crippen LogP contribution in [0.5, 0.6) is 0 Å². The molecule has 0 saturated heterocycles. The minimum absolute atomic E-state index is 0.0260. The summed E-state index contributed by atoms with van der Waals surface area (Å²) >= 11 is 0. The second kappa shape index (κ2) is 7.48. The lowest BCUT2D eigenvalue weighted by molar-refractivity contribution is 0.241. The van der Waals surface area contributed by atoms with Crippen molar-refractivity contribution in [1.29, 1.82) is 0 Å². The molecular weight excluding hydrogens is 338 g/mol. The van der Waals surface area contributed by atoms with Gasteiger partial charge in [0, 0.05) is 49.9 Å². The van der Waals surface area contributed by atoms with E-state index < -0.39 is 0 Å². The number of rotatable bonds is 5. The highest BCUT2D eigenvalue weighted by Gasteiger charge is 2.22. The molecule has 140 valence electrons. The van der Waals surface area contributed by atoms with Crippen LogP contribution in [0.3, 0.4) is 0 Å². The van der Waals surface area contributed by atoms with Crippen LogP contribution in [0.4, 0.5) is 0 Å². The van der Waals surface area contributed by atoms with E-state index in [4.69, 9.17) is 4.98 Å². The van der Waals surface area contributed by atoms with Crippen LogP contribution in [0.1, 0.15) is 35.9 Å². The molecule has 0 fully saturated rings. The molecule has 1 aliphatic rings. The molecule has 2 aromatic heterocycles. The smallest absolute Gasteiger partial charge is 0.255 e. The zero-order chi connectivity index (χ0) is 18.8. The Balaban J connectivity index is 1.54. The number of nitrogens with one attached hydrogen (secondary N) is 1. The maximum atomic E-state index is 12.7. The van der Waals surface area contributed by atoms with E-state index in [2.05, 4.69) is 35.0 Å². The average molecular weight is 363 g/mol. The second-order valence-electron chi connectivity index (χ2n) is 7.17. The third kappa shape index (κ3) is 3.71. The van der Waals surface area contributed by atoms with Gasteiger partial charge in [-0.3, -0.25) is 14.4 Å². The van der Waals surface area contributed by atoms with Gasteiger partial charge in [-0.2, -0.15) is 5.10 Å². The highest BCUT2D eigenvalue weighted by molar-refractivity contribution is 5.54. The predicted molar refractivity (Wildman–Crippen MR) is 105 cm³/mol. The second-order valence-corrected chi connectivity index (χ2v) is 7.17. The van der Waals surface area contributed by atoms with Gasteiger partial charge in [0.05, 0.1) is 17.0 Å². The van der Waals surface area contributed by atoms with Gasteiger partial charge in [-0.1, -0.05) is 37.3 Å². The molecule has 0 spiro atoms. The highest BCUT2D eigenvalue weighted by atomic mass is 16.1. The average Bonchev–Trinajstić information content (AvgIpc) is 3.02. The summed E-state index contributed by atoms with van der Waals surface area (Å²) in [5.74, 6) is 0.657. The lowest BCUT2D eigenvalue weighted by atomic mass is 10.1. The Morgan fingerprint density at radius 3 is 2.81 bits per heavy atom. The predicted octanol–water partition coefficient (Wildman–Crippen LogP) is 2.91. The Labute approximate surface area is 158 Å². The molecule has 0 unspecified atom stereocenters. The van der Waals surface area contributed by atoms with Crippen molar-refractivity contribution in [3.05, 3.63) is 69.4 Å². The van der Waals surface area contributed by atoms with Crippen LogP contribution >= 0.6 is 0 Å². The SMILES string of the molecule is CCCn1cc(CN2CCc3nc(-c4ccccc4)[nH]c(=O)c3C2)c(C)n1. The summed E-state index contributed by atoms with van der Waals surface area (Å²) in [7, 11) is 0. The molecule has 6 nitrogen and oxygen atoms in total. The van der Waals surface area contributed by atoms with Crippen molar-refractivity contribution in [2.75, 3.05) is 6.54 Å². The lowest BCUT2D eigenvalue weighted by Crippen LogP contribution is -2.35. The largest absolute Gasteiger partial charge is 0.306 e. The molecule has 4 rings (SSSR count). The number of hydrogen-bond acceptors (Lipinski definition) is 4. The minimum Gasteiger partial charge on any atom is -0.306 e. The summed E-state index contributed by atoms with van der Waals surface area (Å²) in [6, 6.07) is 9.81. The van der Waals surface area contributed by atoms with Crippen LogP contribution in [0.15, 0.2) is 41.3 Å². The van der Waals surface area contributed by atoms with Crippen LogP contribution in [-0.2, 0) is 26.1 Å². The number of benzene rings is 1. The molecule has 0 atom stereocenters. The normalized spacial score (nSPS) is 14.3. The number of aromatic amines is 1. The number of H-pyrrole nitrogens is 1. The first kappa shape index (κ1) is 17.7. The molecule has 3 aromatic rings. The van der Waals surface area contributed by atoms with E-state index in [1.54, 1.807) is 0 Å². The fraction of sp³-hybridized carbons (Fsp3) is 0.381. The van der Waals surface area contributed by atoms with Crippen molar-refractivity contribution in [2.24, 2.45) is 0 Å². The zero-order valence-corrected chi connectivity index (χ0v) is 15.9.